The van der Waals surface area contributed by atoms with E-state index in [2.05, 4.69) is 22.7 Å². The Morgan fingerprint density at radius 2 is 2.19 bits per heavy atom. The predicted octanol–water partition coefficient (Wildman–Crippen LogP) is 2.92. The van der Waals surface area contributed by atoms with Crippen LogP contribution in [-0.2, 0) is 13.1 Å². The molecule has 0 radical (unpaired) electrons. The lowest BCUT2D eigenvalue weighted by atomic mass is 10.2. The van der Waals surface area contributed by atoms with Gasteiger partial charge >= 0.3 is 0 Å². The van der Waals surface area contributed by atoms with Crippen LogP contribution in [0, 0.1) is 0 Å². The van der Waals surface area contributed by atoms with Crippen LogP contribution < -0.4 is 10.6 Å². The van der Waals surface area contributed by atoms with E-state index >= 15 is 0 Å². The third kappa shape index (κ3) is 3.76. The van der Waals surface area contributed by atoms with E-state index in [-0.39, 0.29) is 5.91 Å². The van der Waals surface area contributed by atoms with Crippen molar-refractivity contribution in [1.29, 1.82) is 0 Å². The molecule has 1 heterocycles. The molecule has 1 aromatic carbocycles. The molecule has 2 rings (SSSR count). The van der Waals surface area contributed by atoms with Crippen molar-refractivity contribution in [2.75, 3.05) is 12.4 Å². The molecule has 6 heteroatoms. The first-order chi connectivity index (χ1) is 10.2. The first-order valence-corrected chi connectivity index (χ1v) is 7.29. The van der Waals surface area contributed by atoms with Crippen molar-refractivity contribution in [2.45, 2.75) is 26.4 Å². The number of carbonyl (C=O) groups is 1. The minimum Gasteiger partial charge on any atom is -0.379 e. The highest BCUT2D eigenvalue weighted by molar-refractivity contribution is 6.34. The summed E-state index contributed by atoms with van der Waals surface area (Å²) in [6.07, 6.45) is 2.83. The van der Waals surface area contributed by atoms with E-state index in [9.17, 15) is 4.79 Å². The summed E-state index contributed by atoms with van der Waals surface area (Å²) in [5.41, 5.74) is 2.42. The number of aryl methyl sites for hydroxylation is 1. The number of rotatable bonds is 6. The largest absolute Gasteiger partial charge is 0.379 e. The molecular formula is C15H19ClN4O. The highest BCUT2D eigenvalue weighted by atomic mass is 35.5. The van der Waals surface area contributed by atoms with Crippen molar-refractivity contribution in [2.24, 2.45) is 0 Å². The van der Waals surface area contributed by atoms with E-state index in [1.54, 1.807) is 25.4 Å². The van der Waals surface area contributed by atoms with Crippen LogP contribution in [0.15, 0.2) is 30.5 Å². The van der Waals surface area contributed by atoms with Gasteiger partial charge < -0.3 is 10.6 Å². The Morgan fingerprint density at radius 3 is 2.90 bits per heavy atom. The van der Waals surface area contributed by atoms with Gasteiger partial charge in [0, 0.05) is 25.5 Å². The fourth-order valence-electron chi connectivity index (χ4n) is 2.06. The van der Waals surface area contributed by atoms with Crippen LogP contribution in [0.25, 0.3) is 0 Å². The molecule has 0 aliphatic rings. The van der Waals surface area contributed by atoms with Crippen molar-refractivity contribution in [3.05, 3.63) is 46.7 Å². The summed E-state index contributed by atoms with van der Waals surface area (Å²) in [4.78, 5) is 11.7. The zero-order chi connectivity index (χ0) is 15.2. The lowest BCUT2D eigenvalue weighted by Gasteiger charge is -2.11. The molecule has 0 aliphatic carbocycles. The second kappa shape index (κ2) is 7.13. The molecule has 0 atom stereocenters. The Labute approximate surface area is 129 Å². The number of hydrogen-bond donors (Lipinski definition) is 2. The van der Waals surface area contributed by atoms with Gasteiger partial charge in [-0.2, -0.15) is 5.10 Å². The molecule has 0 aliphatic heterocycles. The summed E-state index contributed by atoms with van der Waals surface area (Å²) < 4.78 is 1.97. The van der Waals surface area contributed by atoms with Crippen molar-refractivity contribution in [3.8, 4) is 0 Å². The summed E-state index contributed by atoms with van der Waals surface area (Å²) in [6, 6.07) is 7.31. The normalized spacial score (nSPS) is 10.4. The molecule has 2 aromatic rings. The third-order valence-corrected chi connectivity index (χ3v) is 3.48. The molecule has 0 spiro atoms. The number of halogens is 1. The van der Waals surface area contributed by atoms with Gasteiger partial charge in [-0.15, -0.1) is 0 Å². The quantitative estimate of drug-likeness (QED) is 0.862. The zero-order valence-electron chi connectivity index (χ0n) is 12.2. The molecule has 1 amide bonds. The molecule has 2 N–H and O–H groups in total. The number of nitrogens with one attached hydrogen (secondary N) is 2. The topological polar surface area (TPSA) is 59.0 Å². The van der Waals surface area contributed by atoms with Crippen LogP contribution in [0.3, 0.4) is 0 Å². The predicted molar refractivity (Wildman–Crippen MR) is 84.7 cm³/mol. The molecule has 21 heavy (non-hydrogen) atoms. The fraction of sp³-hybridized carbons (Fsp3) is 0.333. The minimum absolute atomic E-state index is 0.195. The molecule has 0 bridgehead atoms. The maximum absolute atomic E-state index is 11.7. The molecule has 1 aromatic heterocycles. The number of aromatic nitrogens is 2. The Hall–Kier alpha value is -2.01. The molecule has 112 valence electrons. The van der Waals surface area contributed by atoms with E-state index in [1.807, 2.05) is 16.8 Å². The maximum Gasteiger partial charge on any atom is 0.252 e. The van der Waals surface area contributed by atoms with Crippen LogP contribution in [-0.4, -0.2) is 22.7 Å². The minimum atomic E-state index is -0.195. The zero-order valence-corrected chi connectivity index (χ0v) is 12.9. The second-order valence-electron chi connectivity index (χ2n) is 4.67. The molecule has 0 fully saturated rings. The van der Waals surface area contributed by atoms with E-state index in [4.69, 9.17) is 11.6 Å². The maximum atomic E-state index is 11.7. The first-order valence-electron chi connectivity index (χ1n) is 6.92. The van der Waals surface area contributed by atoms with Crippen molar-refractivity contribution >= 4 is 23.2 Å². The summed E-state index contributed by atoms with van der Waals surface area (Å²) in [5, 5.41) is 10.6. The number of hydrogen-bond acceptors (Lipinski definition) is 3. The Kier molecular flexibility index (Phi) is 5.22. The smallest absolute Gasteiger partial charge is 0.252 e. The summed E-state index contributed by atoms with van der Waals surface area (Å²) >= 11 is 6.03. The van der Waals surface area contributed by atoms with Crippen molar-refractivity contribution in [1.82, 2.24) is 15.1 Å². The Bertz CT molecular complexity index is 624. The standard InChI is InChI=1S/C15H19ClN4O/c1-3-8-20-12(6-7-19-20)10-18-11-4-5-14(16)13(9-11)15(21)17-2/h4-7,9,18H,3,8,10H2,1-2H3,(H,17,21). The van der Waals surface area contributed by atoms with Gasteiger partial charge in [-0.25, -0.2) is 0 Å². The highest BCUT2D eigenvalue weighted by Gasteiger charge is 2.09. The lowest BCUT2D eigenvalue weighted by Crippen LogP contribution is -2.18. The van der Waals surface area contributed by atoms with Gasteiger partial charge in [-0.3, -0.25) is 9.48 Å². The monoisotopic (exact) mass is 306 g/mol. The van der Waals surface area contributed by atoms with E-state index in [0.717, 1.165) is 24.3 Å². The number of anilines is 1. The van der Waals surface area contributed by atoms with Crippen LogP contribution in [0.2, 0.25) is 5.02 Å². The van der Waals surface area contributed by atoms with Crippen molar-refractivity contribution in [3.63, 3.8) is 0 Å². The number of benzene rings is 1. The molecular weight excluding hydrogens is 288 g/mol. The van der Waals surface area contributed by atoms with Gasteiger partial charge in [0.05, 0.1) is 22.8 Å². The van der Waals surface area contributed by atoms with Gasteiger partial charge in [0.15, 0.2) is 0 Å². The highest BCUT2D eigenvalue weighted by Crippen LogP contribution is 2.21. The van der Waals surface area contributed by atoms with Crippen molar-refractivity contribution < 1.29 is 4.79 Å². The molecule has 0 unspecified atom stereocenters. The third-order valence-electron chi connectivity index (χ3n) is 3.15. The molecule has 0 saturated heterocycles. The first kappa shape index (κ1) is 15.4. The van der Waals surface area contributed by atoms with Gasteiger partial charge in [0.25, 0.3) is 5.91 Å². The Balaban J connectivity index is 2.09. The summed E-state index contributed by atoms with van der Waals surface area (Å²) in [5.74, 6) is -0.195. The van der Waals surface area contributed by atoms with Gasteiger partial charge in [-0.05, 0) is 30.7 Å². The van der Waals surface area contributed by atoms with Gasteiger partial charge in [0.2, 0.25) is 0 Å². The van der Waals surface area contributed by atoms with Gasteiger partial charge in [-0.1, -0.05) is 18.5 Å². The number of carbonyl (C=O) groups excluding carboxylic acids is 1. The van der Waals surface area contributed by atoms with Crippen LogP contribution in [0.1, 0.15) is 29.4 Å². The van der Waals surface area contributed by atoms with E-state index in [1.165, 1.54) is 0 Å². The number of amides is 1. The van der Waals surface area contributed by atoms with E-state index < -0.39 is 0 Å². The van der Waals surface area contributed by atoms with Crippen LogP contribution >= 0.6 is 11.6 Å². The van der Waals surface area contributed by atoms with E-state index in [0.29, 0.717) is 17.1 Å². The lowest BCUT2D eigenvalue weighted by molar-refractivity contribution is 0.0963. The molecule has 0 saturated carbocycles. The molecule has 5 nitrogen and oxygen atoms in total. The Morgan fingerprint density at radius 1 is 1.38 bits per heavy atom. The van der Waals surface area contributed by atoms with Gasteiger partial charge in [0.1, 0.15) is 0 Å². The summed E-state index contributed by atoms with van der Waals surface area (Å²) in [7, 11) is 1.59. The average molecular weight is 307 g/mol. The fourth-order valence-corrected chi connectivity index (χ4v) is 2.26. The number of nitrogens with zero attached hydrogens (tertiary/aromatic N) is 2. The van der Waals surface area contributed by atoms with Crippen LogP contribution in [0.4, 0.5) is 5.69 Å². The van der Waals surface area contributed by atoms with Crippen LogP contribution in [0.5, 0.6) is 0 Å². The average Bonchev–Trinajstić information content (AvgIpc) is 2.93. The summed E-state index contributed by atoms with van der Waals surface area (Å²) in [6.45, 7) is 3.66. The second-order valence-corrected chi connectivity index (χ2v) is 5.08. The SMILES string of the molecule is CCCn1nccc1CNc1ccc(Cl)c(C(=O)NC)c1.